The maximum absolute atomic E-state index is 10.2. The van der Waals surface area contributed by atoms with Crippen molar-refractivity contribution >= 4 is 11.8 Å². The Hall–Kier alpha value is -1.65. The maximum atomic E-state index is 10.2. The Balaban J connectivity index is 3.07. The van der Waals surface area contributed by atoms with Gasteiger partial charge in [-0.3, -0.25) is 4.98 Å². The van der Waals surface area contributed by atoms with Gasteiger partial charge < -0.3 is 10.8 Å². The zero-order chi connectivity index (χ0) is 7.56. The number of hydrogen-bond donors (Lipinski definition) is 2. The van der Waals surface area contributed by atoms with E-state index in [9.17, 15) is 4.79 Å². The molecule has 0 saturated heterocycles. The molecule has 1 aromatic heterocycles. The average molecular weight is 139 g/mol. The first kappa shape index (κ1) is 6.47. The Labute approximate surface area is 56.5 Å². The number of aromatic nitrogens is 2. The highest BCUT2D eigenvalue weighted by Gasteiger charge is 2.02. The van der Waals surface area contributed by atoms with Gasteiger partial charge in [-0.25, -0.2) is 9.78 Å². The molecule has 0 saturated carbocycles. The minimum Gasteiger partial charge on any atom is -0.476 e. The van der Waals surface area contributed by atoms with Crippen LogP contribution in [-0.2, 0) is 0 Å². The Kier molecular flexibility index (Phi) is 1.49. The minimum atomic E-state index is -1.13. The topological polar surface area (TPSA) is 89.1 Å². The first-order valence-corrected chi connectivity index (χ1v) is 2.51. The van der Waals surface area contributed by atoms with Gasteiger partial charge in [-0.2, -0.15) is 0 Å². The van der Waals surface area contributed by atoms with E-state index in [2.05, 4.69) is 9.97 Å². The Morgan fingerprint density at radius 2 is 2.30 bits per heavy atom. The fourth-order valence-electron chi connectivity index (χ4n) is 0.484. The monoisotopic (exact) mass is 139 g/mol. The van der Waals surface area contributed by atoms with E-state index in [4.69, 9.17) is 10.8 Å². The molecule has 0 radical (unpaired) electrons. The molecule has 0 fully saturated rings. The van der Waals surface area contributed by atoms with E-state index in [-0.39, 0.29) is 11.5 Å². The summed E-state index contributed by atoms with van der Waals surface area (Å²) in [6.07, 6.45) is 2.42. The summed E-state index contributed by atoms with van der Waals surface area (Å²) in [6, 6.07) is 0. The highest BCUT2D eigenvalue weighted by atomic mass is 16.4. The number of carboxylic acid groups (broad SMARTS) is 1. The van der Waals surface area contributed by atoms with E-state index >= 15 is 0 Å². The standard InChI is InChI=1S/C5H5N3O2/c6-4-2-7-1-3(8-4)5(9)10/h1-2H,(H2,6,8)(H,9,10). The molecule has 0 unspecified atom stereocenters. The molecule has 0 amide bonds. The van der Waals surface area contributed by atoms with Crippen LogP contribution in [0.4, 0.5) is 5.82 Å². The summed E-state index contributed by atoms with van der Waals surface area (Å²) in [6.45, 7) is 0. The van der Waals surface area contributed by atoms with E-state index in [1.807, 2.05) is 0 Å². The van der Waals surface area contributed by atoms with Gasteiger partial charge in [-0.15, -0.1) is 0 Å². The predicted molar refractivity (Wildman–Crippen MR) is 33.4 cm³/mol. The second-order valence-electron chi connectivity index (χ2n) is 1.63. The van der Waals surface area contributed by atoms with Gasteiger partial charge in [-0.1, -0.05) is 0 Å². The summed E-state index contributed by atoms with van der Waals surface area (Å²) >= 11 is 0. The minimum absolute atomic E-state index is 0.111. The first-order valence-electron chi connectivity index (χ1n) is 2.51. The molecule has 0 aliphatic heterocycles. The van der Waals surface area contributed by atoms with Gasteiger partial charge in [0.1, 0.15) is 5.82 Å². The second-order valence-corrected chi connectivity index (χ2v) is 1.63. The Morgan fingerprint density at radius 1 is 1.60 bits per heavy atom. The van der Waals surface area contributed by atoms with Gasteiger partial charge >= 0.3 is 5.97 Å². The van der Waals surface area contributed by atoms with Crippen LogP contribution in [0.25, 0.3) is 0 Å². The molecule has 5 heteroatoms. The highest BCUT2D eigenvalue weighted by molar-refractivity contribution is 5.85. The number of anilines is 1. The lowest BCUT2D eigenvalue weighted by Gasteiger charge is -1.92. The number of nitrogens with zero attached hydrogens (tertiary/aromatic N) is 2. The SMILES string of the molecule is Nc1cncc(C(=O)O)n1. The molecule has 0 spiro atoms. The molecule has 1 rings (SSSR count). The van der Waals surface area contributed by atoms with Crippen LogP contribution in [0.3, 0.4) is 0 Å². The van der Waals surface area contributed by atoms with Crippen LogP contribution in [0.5, 0.6) is 0 Å². The third-order valence-corrected chi connectivity index (χ3v) is 0.872. The van der Waals surface area contributed by atoms with E-state index in [1.165, 1.54) is 6.20 Å². The zero-order valence-electron chi connectivity index (χ0n) is 4.98. The first-order chi connectivity index (χ1) is 4.70. The Morgan fingerprint density at radius 3 is 2.70 bits per heavy atom. The van der Waals surface area contributed by atoms with Crippen molar-refractivity contribution < 1.29 is 9.90 Å². The number of carbonyl (C=O) groups is 1. The lowest BCUT2D eigenvalue weighted by molar-refractivity contribution is 0.0690. The molecule has 1 heterocycles. The van der Waals surface area contributed by atoms with Crippen molar-refractivity contribution in [2.24, 2.45) is 0 Å². The van der Waals surface area contributed by atoms with Crippen LogP contribution < -0.4 is 5.73 Å². The molecule has 0 aromatic carbocycles. The van der Waals surface area contributed by atoms with Gasteiger partial charge in [-0.05, 0) is 0 Å². The molecular formula is C5H5N3O2. The molecule has 0 aliphatic rings. The van der Waals surface area contributed by atoms with Crippen molar-refractivity contribution in [2.75, 3.05) is 5.73 Å². The molecule has 10 heavy (non-hydrogen) atoms. The molecule has 3 N–H and O–H groups in total. The van der Waals surface area contributed by atoms with Crippen molar-refractivity contribution in [3.63, 3.8) is 0 Å². The summed E-state index contributed by atoms with van der Waals surface area (Å²) in [5, 5.41) is 8.35. The number of rotatable bonds is 1. The summed E-state index contributed by atoms with van der Waals surface area (Å²) in [7, 11) is 0. The van der Waals surface area contributed by atoms with Gasteiger partial charge in [0.25, 0.3) is 0 Å². The lowest BCUT2D eigenvalue weighted by Crippen LogP contribution is -2.03. The fourth-order valence-corrected chi connectivity index (χ4v) is 0.484. The molecule has 5 nitrogen and oxygen atoms in total. The molecule has 0 aliphatic carbocycles. The fraction of sp³-hybridized carbons (Fsp3) is 0. The quantitative estimate of drug-likeness (QED) is 0.560. The number of hydrogen-bond acceptors (Lipinski definition) is 4. The van der Waals surface area contributed by atoms with E-state index < -0.39 is 5.97 Å². The van der Waals surface area contributed by atoms with Crippen molar-refractivity contribution in [3.8, 4) is 0 Å². The summed E-state index contributed by atoms with van der Waals surface area (Å²) in [5.74, 6) is -1.01. The van der Waals surface area contributed by atoms with Crippen LogP contribution >= 0.6 is 0 Å². The summed E-state index contributed by atoms with van der Waals surface area (Å²) in [5.41, 5.74) is 5.02. The number of nitrogen functional groups attached to an aromatic ring is 1. The molecular weight excluding hydrogens is 134 g/mol. The molecule has 0 atom stereocenters. The lowest BCUT2D eigenvalue weighted by atomic mass is 10.4. The largest absolute Gasteiger partial charge is 0.476 e. The van der Waals surface area contributed by atoms with Crippen LogP contribution in [0.2, 0.25) is 0 Å². The van der Waals surface area contributed by atoms with Crippen LogP contribution in [0, 0.1) is 0 Å². The van der Waals surface area contributed by atoms with Crippen molar-refractivity contribution in [1.82, 2.24) is 9.97 Å². The molecule has 52 valence electrons. The second kappa shape index (κ2) is 2.30. The van der Waals surface area contributed by atoms with Crippen molar-refractivity contribution in [1.29, 1.82) is 0 Å². The van der Waals surface area contributed by atoms with Crippen LogP contribution in [-0.4, -0.2) is 21.0 Å². The number of aromatic carboxylic acids is 1. The van der Waals surface area contributed by atoms with E-state index in [0.717, 1.165) is 6.20 Å². The van der Waals surface area contributed by atoms with E-state index in [1.54, 1.807) is 0 Å². The van der Waals surface area contributed by atoms with Crippen molar-refractivity contribution in [2.45, 2.75) is 0 Å². The smallest absolute Gasteiger partial charge is 0.356 e. The van der Waals surface area contributed by atoms with Crippen molar-refractivity contribution in [3.05, 3.63) is 18.1 Å². The van der Waals surface area contributed by atoms with Gasteiger partial charge in [0.05, 0.1) is 12.4 Å². The third kappa shape index (κ3) is 1.19. The molecule has 1 aromatic rings. The normalized spacial score (nSPS) is 9.20. The zero-order valence-corrected chi connectivity index (χ0v) is 4.98. The maximum Gasteiger partial charge on any atom is 0.356 e. The molecule has 0 bridgehead atoms. The van der Waals surface area contributed by atoms with Gasteiger partial charge in [0, 0.05) is 0 Å². The number of carboxylic acids is 1. The van der Waals surface area contributed by atoms with Crippen LogP contribution in [0.1, 0.15) is 10.5 Å². The van der Waals surface area contributed by atoms with Crippen LogP contribution in [0.15, 0.2) is 12.4 Å². The summed E-state index contributed by atoms with van der Waals surface area (Å²) in [4.78, 5) is 17.2. The Bertz CT molecular complexity index is 261. The average Bonchev–Trinajstić information content (AvgIpc) is 1.88. The van der Waals surface area contributed by atoms with E-state index in [0.29, 0.717) is 0 Å². The van der Waals surface area contributed by atoms with Gasteiger partial charge in [0.15, 0.2) is 5.69 Å². The summed E-state index contributed by atoms with van der Waals surface area (Å²) < 4.78 is 0. The highest BCUT2D eigenvalue weighted by Crippen LogP contribution is 1.95. The third-order valence-electron chi connectivity index (χ3n) is 0.872. The number of nitrogens with two attached hydrogens (primary N) is 1. The predicted octanol–water partition coefficient (Wildman–Crippen LogP) is -0.243. The van der Waals surface area contributed by atoms with Gasteiger partial charge in [0.2, 0.25) is 0 Å².